The zero-order chi connectivity index (χ0) is 13.1. The van der Waals surface area contributed by atoms with Crippen molar-refractivity contribution < 1.29 is 4.79 Å². The molecule has 1 saturated carbocycles. The third kappa shape index (κ3) is 3.08. The van der Waals surface area contributed by atoms with Crippen LogP contribution in [0, 0.1) is 0 Å². The van der Waals surface area contributed by atoms with E-state index in [0.29, 0.717) is 17.5 Å². The molecule has 102 valence electrons. The van der Waals surface area contributed by atoms with E-state index < -0.39 is 0 Å². The van der Waals surface area contributed by atoms with Crippen LogP contribution in [-0.4, -0.2) is 38.3 Å². The van der Waals surface area contributed by atoms with E-state index in [9.17, 15) is 4.79 Å². The van der Waals surface area contributed by atoms with Gasteiger partial charge in [0.05, 0.1) is 11.4 Å². The van der Waals surface area contributed by atoms with Gasteiger partial charge in [0.25, 0.3) is 0 Å². The van der Waals surface area contributed by atoms with Gasteiger partial charge in [-0.05, 0) is 12.8 Å². The molecule has 1 amide bonds. The summed E-state index contributed by atoms with van der Waals surface area (Å²) < 4.78 is 0. The fraction of sp³-hybridized carbons (Fsp3) is 0.643. The first-order chi connectivity index (χ1) is 9.33. The van der Waals surface area contributed by atoms with E-state index in [1.54, 1.807) is 6.33 Å². The topological polar surface area (TPSA) is 46.1 Å². The molecule has 2 heterocycles. The number of amides is 1. The monoisotopic (exact) mass is 277 g/mol. The second-order valence-electron chi connectivity index (χ2n) is 5.28. The van der Waals surface area contributed by atoms with Crippen molar-refractivity contribution in [1.29, 1.82) is 0 Å². The normalized spacial score (nSPS) is 19.5. The van der Waals surface area contributed by atoms with Crippen molar-refractivity contribution in [3.8, 4) is 0 Å². The summed E-state index contributed by atoms with van der Waals surface area (Å²) in [5.74, 6) is 0.902. The molecule has 1 fully saturated rings. The van der Waals surface area contributed by atoms with Gasteiger partial charge in [-0.2, -0.15) is 0 Å². The summed E-state index contributed by atoms with van der Waals surface area (Å²) in [5.41, 5.74) is 2.20. The highest BCUT2D eigenvalue weighted by atomic mass is 32.2. The van der Waals surface area contributed by atoms with Gasteiger partial charge in [0, 0.05) is 36.5 Å². The summed E-state index contributed by atoms with van der Waals surface area (Å²) in [5, 5.41) is 0.712. The van der Waals surface area contributed by atoms with Gasteiger partial charge < -0.3 is 4.90 Å². The number of thioether (sulfide) groups is 1. The maximum absolute atomic E-state index is 12.2. The van der Waals surface area contributed by atoms with Crippen LogP contribution in [0.5, 0.6) is 0 Å². The number of carbonyl (C=O) groups excluding carboxylic acids is 1. The molecule has 0 radical (unpaired) electrons. The van der Waals surface area contributed by atoms with Crippen molar-refractivity contribution in [2.75, 3.05) is 12.3 Å². The molecule has 0 N–H and O–H groups in total. The molecule has 5 heteroatoms. The molecule has 4 nitrogen and oxygen atoms in total. The van der Waals surface area contributed by atoms with E-state index in [4.69, 9.17) is 0 Å². The first-order valence-electron chi connectivity index (χ1n) is 7.00. The van der Waals surface area contributed by atoms with Gasteiger partial charge in [-0.3, -0.25) is 4.79 Å². The van der Waals surface area contributed by atoms with Crippen molar-refractivity contribution in [3.05, 3.63) is 23.8 Å². The Hall–Kier alpha value is -1.10. The van der Waals surface area contributed by atoms with E-state index in [1.165, 1.54) is 25.7 Å². The van der Waals surface area contributed by atoms with Crippen LogP contribution in [0.4, 0.5) is 0 Å². The molecule has 1 aromatic rings. The third-order valence-corrected chi connectivity index (χ3v) is 5.31. The highest BCUT2D eigenvalue weighted by Gasteiger charge is 2.23. The number of aromatic nitrogens is 2. The lowest BCUT2D eigenvalue weighted by Crippen LogP contribution is -2.37. The van der Waals surface area contributed by atoms with Crippen molar-refractivity contribution in [1.82, 2.24) is 14.9 Å². The van der Waals surface area contributed by atoms with E-state index in [-0.39, 0.29) is 5.91 Å². The average molecular weight is 277 g/mol. The van der Waals surface area contributed by atoms with Crippen molar-refractivity contribution in [3.63, 3.8) is 0 Å². The first-order valence-corrected chi connectivity index (χ1v) is 8.05. The zero-order valence-corrected chi connectivity index (χ0v) is 11.9. The summed E-state index contributed by atoms with van der Waals surface area (Å²) in [6.45, 7) is 1.48. The maximum Gasteiger partial charge on any atom is 0.232 e. The number of fused-ring (bicyclic) bond motifs is 1. The molecular weight excluding hydrogens is 258 g/mol. The van der Waals surface area contributed by atoms with Crippen LogP contribution in [0.1, 0.15) is 36.9 Å². The van der Waals surface area contributed by atoms with Gasteiger partial charge in [0.15, 0.2) is 0 Å². The van der Waals surface area contributed by atoms with Crippen LogP contribution in [0.3, 0.4) is 0 Å². The summed E-state index contributed by atoms with van der Waals surface area (Å²) in [4.78, 5) is 22.5. The van der Waals surface area contributed by atoms with Gasteiger partial charge in [0.2, 0.25) is 5.91 Å². The van der Waals surface area contributed by atoms with Crippen LogP contribution in [0.15, 0.2) is 12.5 Å². The third-order valence-electron chi connectivity index (χ3n) is 3.96. The van der Waals surface area contributed by atoms with E-state index in [0.717, 1.165) is 24.2 Å². The molecule has 3 rings (SSSR count). The lowest BCUT2D eigenvalue weighted by Gasteiger charge is -2.28. The molecule has 0 saturated heterocycles. The summed E-state index contributed by atoms with van der Waals surface area (Å²) >= 11 is 1.84. The number of rotatable bonds is 3. The molecule has 0 atom stereocenters. The largest absolute Gasteiger partial charge is 0.337 e. The van der Waals surface area contributed by atoms with Gasteiger partial charge in [0.1, 0.15) is 6.33 Å². The lowest BCUT2D eigenvalue weighted by molar-refractivity contribution is -0.129. The van der Waals surface area contributed by atoms with Crippen LogP contribution < -0.4 is 0 Å². The maximum atomic E-state index is 12.2. The number of carbonyl (C=O) groups is 1. The van der Waals surface area contributed by atoms with Gasteiger partial charge in [-0.1, -0.05) is 12.8 Å². The van der Waals surface area contributed by atoms with E-state index in [2.05, 4.69) is 9.97 Å². The molecule has 1 aliphatic carbocycles. The smallest absolute Gasteiger partial charge is 0.232 e. The molecule has 1 aliphatic heterocycles. The molecular formula is C14H19N3OS. The number of nitrogens with zero attached hydrogens (tertiary/aromatic N) is 3. The fourth-order valence-electron chi connectivity index (χ4n) is 2.81. The Morgan fingerprint density at radius 2 is 2.26 bits per heavy atom. The lowest BCUT2D eigenvalue weighted by atomic mass is 10.1. The van der Waals surface area contributed by atoms with Crippen LogP contribution in [0.2, 0.25) is 0 Å². The highest BCUT2D eigenvalue weighted by molar-refractivity contribution is 8.00. The van der Waals surface area contributed by atoms with Crippen molar-refractivity contribution in [2.45, 2.75) is 43.9 Å². The molecule has 0 unspecified atom stereocenters. The minimum absolute atomic E-state index is 0.270. The molecule has 0 aromatic carbocycles. The summed E-state index contributed by atoms with van der Waals surface area (Å²) in [7, 11) is 0. The van der Waals surface area contributed by atoms with Crippen LogP contribution in [-0.2, 0) is 17.8 Å². The average Bonchev–Trinajstić information content (AvgIpc) is 2.97. The Balaban J connectivity index is 1.54. The SMILES string of the molecule is O=C(CSC1CCCC1)N1CCc2ncncc2C1. The van der Waals surface area contributed by atoms with Gasteiger partial charge in [-0.25, -0.2) is 9.97 Å². The van der Waals surface area contributed by atoms with Crippen molar-refractivity contribution in [2.24, 2.45) is 0 Å². The molecule has 0 bridgehead atoms. The molecule has 0 spiro atoms. The Kier molecular flexibility index (Phi) is 4.01. The predicted molar refractivity (Wildman–Crippen MR) is 75.9 cm³/mol. The van der Waals surface area contributed by atoms with E-state index >= 15 is 0 Å². The Morgan fingerprint density at radius 3 is 3.11 bits per heavy atom. The van der Waals surface area contributed by atoms with Gasteiger partial charge in [-0.15, -0.1) is 11.8 Å². The summed E-state index contributed by atoms with van der Waals surface area (Å²) in [6, 6.07) is 0. The quantitative estimate of drug-likeness (QED) is 0.848. The minimum atomic E-state index is 0.270. The molecule has 1 aromatic heterocycles. The minimum Gasteiger partial charge on any atom is -0.337 e. The molecule has 19 heavy (non-hydrogen) atoms. The van der Waals surface area contributed by atoms with Crippen LogP contribution >= 0.6 is 11.8 Å². The van der Waals surface area contributed by atoms with E-state index in [1.807, 2.05) is 22.9 Å². The standard InChI is InChI=1S/C14H19N3OS/c18-14(9-19-12-3-1-2-4-12)17-6-5-13-11(8-17)7-15-10-16-13/h7,10,12H,1-6,8-9H2. The Morgan fingerprint density at radius 1 is 1.42 bits per heavy atom. The Bertz CT molecular complexity index is 460. The van der Waals surface area contributed by atoms with Gasteiger partial charge >= 0.3 is 0 Å². The van der Waals surface area contributed by atoms with Crippen molar-refractivity contribution >= 4 is 17.7 Å². The molecule has 2 aliphatic rings. The second-order valence-corrected chi connectivity index (χ2v) is 6.57. The fourth-order valence-corrected chi connectivity index (χ4v) is 4.04. The predicted octanol–water partition coefficient (Wildman–Crippen LogP) is 2.04. The summed E-state index contributed by atoms with van der Waals surface area (Å²) in [6.07, 6.45) is 9.53. The van der Waals surface area contributed by atoms with Crippen LogP contribution in [0.25, 0.3) is 0 Å². The number of hydrogen-bond donors (Lipinski definition) is 0. The number of hydrogen-bond acceptors (Lipinski definition) is 4. The Labute approximate surface area is 118 Å². The first kappa shape index (κ1) is 12.9. The second kappa shape index (κ2) is 5.90. The highest BCUT2D eigenvalue weighted by Crippen LogP contribution is 2.29. The zero-order valence-electron chi connectivity index (χ0n) is 11.0.